The molecule has 0 N–H and O–H groups in total. The molecule has 4 heteroatoms. The van der Waals surface area contributed by atoms with Gasteiger partial charge in [-0.25, -0.2) is 4.39 Å². The van der Waals surface area contributed by atoms with Crippen molar-refractivity contribution in [2.45, 2.75) is 39.2 Å². The first-order chi connectivity index (χ1) is 11.5. The molecule has 3 unspecified atom stereocenters. The molecule has 2 aromatic rings. The van der Waals surface area contributed by atoms with Gasteiger partial charge in [0.05, 0.1) is 0 Å². The molecule has 2 aromatic carbocycles. The van der Waals surface area contributed by atoms with Crippen molar-refractivity contribution in [3.05, 3.63) is 65.5 Å². The Balaban J connectivity index is 2.14. The van der Waals surface area contributed by atoms with E-state index >= 15 is 0 Å². The van der Waals surface area contributed by atoms with E-state index in [9.17, 15) is 9.18 Å². The minimum atomic E-state index is -0.239. The van der Waals surface area contributed by atoms with Gasteiger partial charge in [-0.2, -0.15) is 0 Å². The summed E-state index contributed by atoms with van der Waals surface area (Å²) in [4.78, 5) is 11.6. The molecular weight excluding hydrogens is 322 g/mol. The lowest BCUT2D eigenvalue weighted by Gasteiger charge is -2.24. The predicted molar refractivity (Wildman–Crippen MR) is 98.9 cm³/mol. The van der Waals surface area contributed by atoms with Crippen LogP contribution in [0.5, 0.6) is 0 Å². The molecule has 0 saturated heterocycles. The third-order valence-electron chi connectivity index (χ3n) is 4.16. The maximum atomic E-state index is 13.1. The summed E-state index contributed by atoms with van der Waals surface area (Å²) in [5, 5.41) is 1.14. The summed E-state index contributed by atoms with van der Waals surface area (Å²) >= 11 is 0. The summed E-state index contributed by atoms with van der Waals surface area (Å²) in [6.07, 6.45) is 1.72. The Morgan fingerprint density at radius 3 is 2.04 bits per heavy atom. The predicted octanol–water partition coefficient (Wildman–Crippen LogP) is 4.07. The number of rotatable bonds is 7. The Morgan fingerprint density at radius 1 is 1.04 bits per heavy atom. The van der Waals surface area contributed by atoms with E-state index < -0.39 is 0 Å². The zero-order valence-corrected chi connectivity index (χ0v) is 15.3. The highest BCUT2D eigenvalue weighted by atomic mass is 31.0. The minimum absolute atomic E-state index is 0.140. The van der Waals surface area contributed by atoms with Crippen LogP contribution in [-0.4, -0.2) is 12.1 Å². The summed E-state index contributed by atoms with van der Waals surface area (Å²) in [5.41, 5.74) is 2.25. The van der Waals surface area contributed by atoms with Gasteiger partial charge in [-0.3, -0.25) is 4.79 Å². The monoisotopic (exact) mass is 346 g/mol. The minimum Gasteiger partial charge on any atom is -0.462 e. The fraction of sp³-hybridized carbons (Fsp3) is 0.350. The molecule has 2 nitrogen and oxygen atoms in total. The topological polar surface area (TPSA) is 26.3 Å². The Kier molecular flexibility index (Phi) is 6.93. The number of esters is 1. The van der Waals surface area contributed by atoms with E-state index in [2.05, 4.69) is 33.5 Å². The van der Waals surface area contributed by atoms with Gasteiger partial charge in [0.1, 0.15) is 11.9 Å². The van der Waals surface area contributed by atoms with Crippen LogP contribution in [0.1, 0.15) is 31.4 Å². The van der Waals surface area contributed by atoms with E-state index in [1.54, 1.807) is 19.1 Å². The van der Waals surface area contributed by atoms with Crippen molar-refractivity contribution in [1.82, 2.24) is 0 Å². The van der Waals surface area contributed by atoms with Crippen molar-refractivity contribution >= 4 is 20.5 Å². The molecule has 0 aliphatic carbocycles. The van der Waals surface area contributed by atoms with Crippen LogP contribution in [-0.2, 0) is 22.4 Å². The molecule has 0 aliphatic rings. The number of carbonyl (C=O) groups is 1. The lowest BCUT2D eigenvalue weighted by molar-refractivity contribution is -0.150. The van der Waals surface area contributed by atoms with Crippen molar-refractivity contribution in [3.63, 3.8) is 0 Å². The van der Waals surface area contributed by atoms with Crippen LogP contribution in [0.3, 0.4) is 0 Å². The number of hydrogen-bond acceptors (Lipinski definition) is 2. The van der Waals surface area contributed by atoms with Crippen LogP contribution in [0.4, 0.5) is 4.39 Å². The van der Waals surface area contributed by atoms with Gasteiger partial charge in [0.25, 0.3) is 0 Å². The second kappa shape index (κ2) is 8.94. The summed E-state index contributed by atoms with van der Waals surface area (Å²) in [6.45, 7) is 3.73. The highest BCUT2D eigenvalue weighted by molar-refractivity contribution is 7.27. The van der Waals surface area contributed by atoms with Crippen LogP contribution in [0.2, 0.25) is 0 Å². The summed E-state index contributed by atoms with van der Waals surface area (Å²) < 4.78 is 18.7. The van der Waals surface area contributed by atoms with E-state index in [-0.39, 0.29) is 23.8 Å². The normalized spacial score (nSPS) is 13.3. The van der Waals surface area contributed by atoms with Crippen molar-refractivity contribution in [2.24, 2.45) is 5.92 Å². The smallest absolute Gasteiger partial charge is 0.305 e. The lowest BCUT2D eigenvalue weighted by Crippen LogP contribution is -2.27. The fourth-order valence-electron chi connectivity index (χ4n) is 2.67. The number of ether oxygens (including phenoxy) is 1. The third kappa shape index (κ3) is 5.72. The van der Waals surface area contributed by atoms with Crippen molar-refractivity contribution < 1.29 is 13.9 Å². The number of carbonyl (C=O) groups excluding carboxylic acids is 1. The standard InChI is InChI=1S/C20H24FO2P/c1-3-20(22)23-14(2)17(12-15-4-8-18(21)9-5-15)13-16-6-10-19(24)11-7-16/h4-11,14,17H,3,12-13,24H2,1-2H3. The Labute approximate surface area is 145 Å². The molecule has 0 fully saturated rings. The maximum absolute atomic E-state index is 13.1. The van der Waals surface area contributed by atoms with E-state index in [0.717, 1.165) is 23.7 Å². The largest absolute Gasteiger partial charge is 0.462 e. The van der Waals surface area contributed by atoms with Crippen molar-refractivity contribution in [3.8, 4) is 0 Å². The molecule has 24 heavy (non-hydrogen) atoms. The number of hydrogen-bond donors (Lipinski definition) is 0. The molecule has 128 valence electrons. The van der Waals surface area contributed by atoms with E-state index in [4.69, 9.17) is 4.74 Å². The van der Waals surface area contributed by atoms with Crippen molar-refractivity contribution in [1.29, 1.82) is 0 Å². The third-order valence-corrected chi connectivity index (χ3v) is 4.54. The molecule has 0 heterocycles. The second-order valence-electron chi connectivity index (χ2n) is 6.08. The number of benzene rings is 2. The van der Waals surface area contributed by atoms with Crippen LogP contribution in [0.25, 0.3) is 0 Å². The van der Waals surface area contributed by atoms with E-state index in [1.165, 1.54) is 17.7 Å². The average molecular weight is 346 g/mol. The van der Waals surface area contributed by atoms with E-state index in [1.807, 2.05) is 6.92 Å². The first kappa shape index (κ1) is 18.6. The molecule has 0 saturated carbocycles. The molecule has 0 aliphatic heterocycles. The van der Waals surface area contributed by atoms with E-state index in [0.29, 0.717) is 6.42 Å². The molecule has 0 aromatic heterocycles. The molecule has 0 spiro atoms. The molecule has 3 atom stereocenters. The van der Waals surface area contributed by atoms with Gasteiger partial charge in [-0.1, -0.05) is 43.3 Å². The SMILES string of the molecule is CCC(=O)OC(C)C(Cc1ccc(F)cc1)Cc1ccc(P)cc1. The molecule has 0 amide bonds. The van der Waals surface area contributed by atoms with Crippen molar-refractivity contribution in [2.75, 3.05) is 0 Å². The summed E-state index contributed by atoms with van der Waals surface area (Å²) in [7, 11) is 2.67. The Hall–Kier alpha value is -1.73. The first-order valence-electron chi connectivity index (χ1n) is 8.26. The van der Waals surface area contributed by atoms with Gasteiger partial charge in [0, 0.05) is 12.3 Å². The van der Waals surface area contributed by atoms with Crippen LogP contribution < -0.4 is 5.30 Å². The quantitative estimate of drug-likeness (QED) is 0.558. The first-order valence-corrected chi connectivity index (χ1v) is 8.84. The van der Waals surface area contributed by atoms with Crippen LogP contribution in [0.15, 0.2) is 48.5 Å². The molecule has 0 bridgehead atoms. The van der Waals surface area contributed by atoms with Gasteiger partial charge in [0.2, 0.25) is 0 Å². The maximum Gasteiger partial charge on any atom is 0.305 e. The van der Waals surface area contributed by atoms with Gasteiger partial charge in [-0.15, -0.1) is 9.24 Å². The zero-order chi connectivity index (χ0) is 17.5. The lowest BCUT2D eigenvalue weighted by atomic mass is 9.88. The zero-order valence-electron chi connectivity index (χ0n) is 14.2. The average Bonchev–Trinajstić information content (AvgIpc) is 2.58. The van der Waals surface area contributed by atoms with Gasteiger partial charge in [0.15, 0.2) is 0 Å². The van der Waals surface area contributed by atoms with Crippen LogP contribution >= 0.6 is 9.24 Å². The summed E-state index contributed by atoms with van der Waals surface area (Å²) in [5.74, 6) is -0.287. The van der Waals surface area contributed by atoms with Gasteiger partial charge in [-0.05, 0) is 48.3 Å². The molecule has 0 radical (unpaired) electrons. The Bertz CT molecular complexity index is 605. The number of halogens is 1. The van der Waals surface area contributed by atoms with Crippen LogP contribution in [0, 0.1) is 11.7 Å². The molecular formula is C20H24FO2P. The highest BCUT2D eigenvalue weighted by Gasteiger charge is 2.21. The molecule has 2 rings (SSSR count). The fourth-order valence-corrected chi connectivity index (χ4v) is 2.86. The summed E-state index contributed by atoms with van der Waals surface area (Å²) in [6, 6.07) is 14.8. The van der Waals surface area contributed by atoms with Gasteiger partial charge < -0.3 is 4.74 Å². The second-order valence-corrected chi connectivity index (χ2v) is 6.75. The van der Waals surface area contributed by atoms with Gasteiger partial charge >= 0.3 is 5.97 Å². The highest BCUT2D eigenvalue weighted by Crippen LogP contribution is 2.21. The Morgan fingerprint density at radius 2 is 1.54 bits per heavy atom.